The van der Waals surface area contributed by atoms with E-state index in [0.29, 0.717) is 28.6 Å². The Hall–Kier alpha value is -4.22. The summed E-state index contributed by atoms with van der Waals surface area (Å²) < 4.78 is 56.3. The van der Waals surface area contributed by atoms with Crippen molar-refractivity contribution < 1.29 is 32.1 Å². The molecule has 0 saturated heterocycles. The van der Waals surface area contributed by atoms with E-state index >= 15 is 0 Å². The molecule has 190 valence electrons. The van der Waals surface area contributed by atoms with Gasteiger partial charge in [0.05, 0.1) is 19.1 Å². The third-order valence-corrected chi connectivity index (χ3v) is 6.93. The molecule has 1 aromatic heterocycles. The van der Waals surface area contributed by atoms with Crippen LogP contribution in [0.15, 0.2) is 71.6 Å². The SMILES string of the molecule is COc1ccc(-c2nc(Cl)c(Oc3ccccc3OC)c(NS(=O)(=O)c3ccc4c(c3)OCO4)n2)cc1. The van der Waals surface area contributed by atoms with Gasteiger partial charge in [-0.15, -0.1) is 0 Å². The van der Waals surface area contributed by atoms with E-state index in [1.807, 2.05) is 0 Å². The Morgan fingerprint density at radius 3 is 2.35 bits per heavy atom. The van der Waals surface area contributed by atoms with Crippen LogP contribution in [0.2, 0.25) is 5.15 Å². The molecular formula is C25H20ClN3O7S. The second-order valence-corrected chi connectivity index (χ2v) is 9.66. The lowest BCUT2D eigenvalue weighted by molar-refractivity contribution is 0.174. The van der Waals surface area contributed by atoms with Gasteiger partial charge in [0.15, 0.2) is 39.8 Å². The summed E-state index contributed by atoms with van der Waals surface area (Å²) in [7, 11) is -1.12. The van der Waals surface area contributed by atoms with Crippen LogP contribution in [0.5, 0.6) is 34.5 Å². The summed E-state index contributed by atoms with van der Waals surface area (Å²) in [5, 5.41) is -0.116. The number of ether oxygens (including phenoxy) is 5. The molecular weight excluding hydrogens is 522 g/mol. The van der Waals surface area contributed by atoms with Gasteiger partial charge in [-0.25, -0.2) is 18.4 Å². The summed E-state index contributed by atoms with van der Waals surface area (Å²) in [5.41, 5.74) is 0.579. The molecule has 0 aliphatic carbocycles. The average molecular weight is 542 g/mol. The first kappa shape index (κ1) is 24.5. The number of fused-ring (bicyclic) bond motifs is 1. The molecule has 1 aliphatic rings. The Morgan fingerprint density at radius 2 is 1.62 bits per heavy atom. The van der Waals surface area contributed by atoms with Crippen LogP contribution in [-0.4, -0.2) is 39.4 Å². The van der Waals surface area contributed by atoms with Crippen molar-refractivity contribution in [3.8, 4) is 45.9 Å². The van der Waals surface area contributed by atoms with Crippen LogP contribution in [0.25, 0.3) is 11.4 Å². The fourth-order valence-electron chi connectivity index (χ4n) is 3.50. The summed E-state index contributed by atoms with van der Waals surface area (Å²) in [6.45, 7) is 0.00982. The van der Waals surface area contributed by atoms with Gasteiger partial charge in [-0.1, -0.05) is 23.7 Å². The van der Waals surface area contributed by atoms with Crippen LogP contribution >= 0.6 is 11.6 Å². The molecule has 0 unspecified atom stereocenters. The van der Waals surface area contributed by atoms with Crippen LogP contribution < -0.4 is 28.4 Å². The Labute approximate surface area is 217 Å². The van der Waals surface area contributed by atoms with Crippen LogP contribution in [0.3, 0.4) is 0 Å². The number of anilines is 1. The number of hydrogen-bond donors (Lipinski definition) is 1. The first-order valence-electron chi connectivity index (χ1n) is 10.8. The minimum Gasteiger partial charge on any atom is -0.497 e. The number of para-hydroxylation sites is 2. The number of sulfonamides is 1. The lowest BCUT2D eigenvalue weighted by Crippen LogP contribution is -2.15. The van der Waals surface area contributed by atoms with Crippen molar-refractivity contribution in [2.75, 3.05) is 25.7 Å². The summed E-state index contributed by atoms with van der Waals surface area (Å²) in [5.74, 6) is 1.98. The van der Waals surface area contributed by atoms with E-state index < -0.39 is 10.0 Å². The van der Waals surface area contributed by atoms with E-state index in [4.69, 9.17) is 35.3 Å². The van der Waals surface area contributed by atoms with Gasteiger partial charge in [0, 0.05) is 11.6 Å². The van der Waals surface area contributed by atoms with Crippen LogP contribution in [0.4, 0.5) is 5.82 Å². The summed E-state index contributed by atoms with van der Waals surface area (Å²) in [4.78, 5) is 8.71. The summed E-state index contributed by atoms with van der Waals surface area (Å²) >= 11 is 6.53. The Bertz CT molecular complexity index is 1560. The van der Waals surface area contributed by atoms with E-state index in [9.17, 15) is 8.42 Å². The normalized spacial score (nSPS) is 12.2. The fourth-order valence-corrected chi connectivity index (χ4v) is 4.72. The standard InChI is InChI=1S/C25H20ClN3O7S/c1-32-16-9-7-15(8-10-16)24-27-23(26)22(36-20-6-4-3-5-18(20)33-2)25(28-24)29-37(30,31)17-11-12-19-21(13-17)35-14-34-19/h3-13H,14H2,1-2H3,(H,27,28,29). The van der Waals surface area contributed by atoms with Crippen molar-refractivity contribution in [1.82, 2.24) is 9.97 Å². The van der Waals surface area contributed by atoms with Crippen LogP contribution in [-0.2, 0) is 10.0 Å². The van der Waals surface area contributed by atoms with Crippen molar-refractivity contribution in [3.63, 3.8) is 0 Å². The number of rotatable bonds is 8. The van der Waals surface area contributed by atoms with Crippen molar-refractivity contribution in [2.24, 2.45) is 0 Å². The zero-order valence-electron chi connectivity index (χ0n) is 19.6. The predicted molar refractivity (Wildman–Crippen MR) is 135 cm³/mol. The van der Waals surface area contributed by atoms with Gasteiger partial charge in [0.1, 0.15) is 5.75 Å². The van der Waals surface area contributed by atoms with Crippen molar-refractivity contribution in [3.05, 3.63) is 71.9 Å². The molecule has 10 nitrogen and oxygen atoms in total. The molecule has 3 aromatic carbocycles. The average Bonchev–Trinajstić information content (AvgIpc) is 3.39. The molecule has 4 aromatic rings. The zero-order chi connectivity index (χ0) is 26.0. The highest BCUT2D eigenvalue weighted by Crippen LogP contribution is 2.41. The van der Waals surface area contributed by atoms with E-state index in [0.717, 1.165) is 0 Å². The van der Waals surface area contributed by atoms with Gasteiger partial charge in [-0.3, -0.25) is 4.72 Å². The molecule has 2 heterocycles. The van der Waals surface area contributed by atoms with Gasteiger partial charge < -0.3 is 23.7 Å². The topological polar surface area (TPSA) is 118 Å². The van der Waals surface area contributed by atoms with E-state index in [2.05, 4.69) is 14.7 Å². The Kier molecular flexibility index (Phi) is 6.64. The third-order valence-electron chi connectivity index (χ3n) is 5.34. The molecule has 0 bridgehead atoms. The zero-order valence-corrected chi connectivity index (χ0v) is 21.2. The molecule has 0 radical (unpaired) electrons. The number of methoxy groups -OCH3 is 2. The number of nitrogens with one attached hydrogen (secondary N) is 1. The van der Waals surface area contributed by atoms with Gasteiger partial charge in [-0.2, -0.15) is 0 Å². The predicted octanol–water partition coefficient (Wildman–Crippen LogP) is 5.14. The lowest BCUT2D eigenvalue weighted by atomic mass is 10.2. The van der Waals surface area contributed by atoms with Crippen molar-refractivity contribution in [2.45, 2.75) is 4.90 Å². The molecule has 0 fully saturated rings. The number of hydrogen-bond acceptors (Lipinski definition) is 9. The smallest absolute Gasteiger partial charge is 0.263 e. The molecule has 0 spiro atoms. The molecule has 5 rings (SSSR count). The quantitative estimate of drug-likeness (QED) is 0.302. The van der Waals surface area contributed by atoms with Gasteiger partial charge in [0.2, 0.25) is 12.5 Å². The molecule has 12 heteroatoms. The van der Waals surface area contributed by atoms with Crippen molar-refractivity contribution in [1.29, 1.82) is 0 Å². The number of benzene rings is 3. The van der Waals surface area contributed by atoms with Gasteiger partial charge in [0.25, 0.3) is 10.0 Å². The Morgan fingerprint density at radius 1 is 0.892 bits per heavy atom. The molecule has 1 N–H and O–H groups in total. The molecule has 37 heavy (non-hydrogen) atoms. The minimum atomic E-state index is -4.16. The summed E-state index contributed by atoms with van der Waals surface area (Å²) in [6, 6.07) is 18.0. The van der Waals surface area contributed by atoms with Crippen LogP contribution in [0, 0.1) is 0 Å². The maximum Gasteiger partial charge on any atom is 0.263 e. The number of halogens is 1. The van der Waals surface area contributed by atoms with Crippen molar-refractivity contribution >= 4 is 27.4 Å². The summed E-state index contributed by atoms with van der Waals surface area (Å²) in [6.07, 6.45) is 0. The minimum absolute atomic E-state index is 0.00982. The monoisotopic (exact) mass is 541 g/mol. The third kappa shape index (κ3) is 5.04. The molecule has 1 aliphatic heterocycles. The highest BCUT2D eigenvalue weighted by Gasteiger charge is 2.25. The Balaban J connectivity index is 1.59. The first-order chi connectivity index (χ1) is 17.9. The maximum absolute atomic E-state index is 13.4. The number of nitrogens with zero attached hydrogens (tertiary/aromatic N) is 2. The van der Waals surface area contributed by atoms with Gasteiger partial charge >= 0.3 is 0 Å². The van der Waals surface area contributed by atoms with E-state index in [1.54, 1.807) is 55.6 Å². The largest absolute Gasteiger partial charge is 0.497 e. The highest BCUT2D eigenvalue weighted by atomic mass is 35.5. The second kappa shape index (κ2) is 10.0. The highest BCUT2D eigenvalue weighted by molar-refractivity contribution is 7.92. The van der Waals surface area contributed by atoms with Crippen LogP contribution in [0.1, 0.15) is 0 Å². The molecule has 0 amide bonds. The molecule has 0 saturated carbocycles. The molecule has 0 atom stereocenters. The van der Waals surface area contributed by atoms with Gasteiger partial charge in [-0.05, 0) is 48.5 Å². The fraction of sp³-hybridized carbons (Fsp3) is 0.120. The second-order valence-electron chi connectivity index (χ2n) is 7.62. The maximum atomic E-state index is 13.4. The van der Waals surface area contributed by atoms with E-state index in [1.165, 1.54) is 25.3 Å². The first-order valence-corrected chi connectivity index (χ1v) is 12.7. The lowest BCUT2D eigenvalue weighted by Gasteiger charge is -2.16. The van der Waals surface area contributed by atoms with E-state index in [-0.39, 0.29) is 40.0 Å². The number of aromatic nitrogens is 2.